The van der Waals surface area contributed by atoms with Gasteiger partial charge in [-0.15, -0.1) is 0 Å². The topological polar surface area (TPSA) is 21.3 Å². The number of methoxy groups -OCH3 is 1. The Labute approximate surface area is 90.4 Å². The van der Waals surface area contributed by atoms with Crippen LogP contribution < -0.4 is 10.1 Å². The van der Waals surface area contributed by atoms with Crippen molar-refractivity contribution in [3.05, 3.63) is 29.6 Å². The third-order valence-electron chi connectivity index (χ3n) is 2.60. The van der Waals surface area contributed by atoms with E-state index in [-0.39, 0.29) is 5.82 Å². The Hall–Kier alpha value is -1.09. The van der Waals surface area contributed by atoms with E-state index in [2.05, 4.69) is 12.2 Å². The van der Waals surface area contributed by atoms with Crippen molar-refractivity contribution in [3.8, 4) is 5.75 Å². The Morgan fingerprint density at radius 1 is 1.47 bits per heavy atom. The molecule has 1 unspecified atom stereocenters. The Bertz CT molecular complexity index is 310. The molecular weight excluding hydrogens is 193 g/mol. The van der Waals surface area contributed by atoms with Crippen LogP contribution in [0.5, 0.6) is 5.75 Å². The normalized spacial score (nSPS) is 12.5. The van der Waals surface area contributed by atoms with E-state index in [0.717, 1.165) is 18.4 Å². The first-order valence-corrected chi connectivity index (χ1v) is 5.21. The molecule has 15 heavy (non-hydrogen) atoms. The summed E-state index contributed by atoms with van der Waals surface area (Å²) in [5, 5.41) is 3.19. The third-order valence-corrected chi connectivity index (χ3v) is 2.60. The second kappa shape index (κ2) is 5.71. The molecule has 3 heteroatoms. The number of halogens is 1. The van der Waals surface area contributed by atoms with Crippen LogP contribution in [0.3, 0.4) is 0 Å². The summed E-state index contributed by atoms with van der Waals surface area (Å²) >= 11 is 0. The maximum Gasteiger partial charge on any atom is 0.165 e. The van der Waals surface area contributed by atoms with Gasteiger partial charge in [-0.05, 0) is 37.6 Å². The average Bonchev–Trinajstić information content (AvgIpc) is 2.26. The number of hydrogen-bond donors (Lipinski definition) is 1. The fourth-order valence-corrected chi connectivity index (χ4v) is 1.57. The van der Waals surface area contributed by atoms with E-state index in [1.807, 2.05) is 13.1 Å². The Kier molecular flexibility index (Phi) is 4.56. The minimum Gasteiger partial charge on any atom is -0.494 e. The molecule has 1 atom stereocenters. The maximum atomic E-state index is 13.4. The molecule has 0 radical (unpaired) electrons. The lowest BCUT2D eigenvalue weighted by atomic mass is 10.0. The maximum absolute atomic E-state index is 13.4. The third kappa shape index (κ3) is 3.20. The zero-order valence-corrected chi connectivity index (χ0v) is 9.51. The SMILES string of the molecule is CCC(Cc1ccc(OC)c(F)c1)NC. The van der Waals surface area contributed by atoms with E-state index in [0.29, 0.717) is 11.8 Å². The van der Waals surface area contributed by atoms with Crippen LogP contribution in [-0.2, 0) is 6.42 Å². The second-order valence-corrected chi connectivity index (χ2v) is 3.57. The van der Waals surface area contributed by atoms with E-state index in [1.165, 1.54) is 7.11 Å². The predicted octanol–water partition coefficient (Wildman–Crippen LogP) is 2.37. The van der Waals surface area contributed by atoms with Gasteiger partial charge in [-0.2, -0.15) is 0 Å². The fraction of sp³-hybridized carbons (Fsp3) is 0.500. The van der Waals surface area contributed by atoms with Gasteiger partial charge < -0.3 is 10.1 Å². The molecule has 0 spiro atoms. The quantitative estimate of drug-likeness (QED) is 0.807. The molecule has 0 saturated carbocycles. The molecule has 0 aliphatic heterocycles. The lowest BCUT2D eigenvalue weighted by molar-refractivity contribution is 0.386. The monoisotopic (exact) mass is 211 g/mol. The number of hydrogen-bond acceptors (Lipinski definition) is 2. The summed E-state index contributed by atoms with van der Waals surface area (Å²) in [6, 6.07) is 5.52. The first-order valence-electron chi connectivity index (χ1n) is 5.21. The minimum atomic E-state index is -0.291. The number of benzene rings is 1. The second-order valence-electron chi connectivity index (χ2n) is 3.57. The largest absolute Gasteiger partial charge is 0.494 e. The standard InChI is InChI=1S/C12H18FNO/c1-4-10(14-2)7-9-5-6-12(15-3)11(13)8-9/h5-6,8,10,14H,4,7H2,1-3H3. The molecule has 0 saturated heterocycles. The van der Waals surface area contributed by atoms with Crippen LogP contribution in [0.4, 0.5) is 4.39 Å². The first-order chi connectivity index (χ1) is 7.21. The van der Waals surface area contributed by atoms with Gasteiger partial charge in [0.2, 0.25) is 0 Å². The zero-order chi connectivity index (χ0) is 11.3. The molecule has 84 valence electrons. The number of nitrogens with one attached hydrogen (secondary N) is 1. The van der Waals surface area contributed by atoms with E-state index in [4.69, 9.17) is 4.74 Å². The zero-order valence-electron chi connectivity index (χ0n) is 9.51. The minimum absolute atomic E-state index is 0.291. The summed E-state index contributed by atoms with van der Waals surface area (Å²) in [7, 11) is 3.40. The lowest BCUT2D eigenvalue weighted by Crippen LogP contribution is -2.26. The van der Waals surface area contributed by atoms with Crippen LogP contribution in [0.25, 0.3) is 0 Å². The van der Waals surface area contributed by atoms with Crippen LogP contribution in [0, 0.1) is 5.82 Å². The summed E-state index contributed by atoms with van der Waals surface area (Å²) in [5.41, 5.74) is 0.995. The van der Waals surface area contributed by atoms with Crippen LogP contribution in [-0.4, -0.2) is 20.2 Å². The summed E-state index contributed by atoms with van der Waals surface area (Å²) in [5.74, 6) is 0.0113. The molecule has 1 aromatic rings. The number of likely N-dealkylation sites (N-methyl/N-ethyl adjacent to an activating group) is 1. The first kappa shape index (κ1) is 12.0. The highest BCUT2D eigenvalue weighted by atomic mass is 19.1. The molecule has 0 aliphatic rings. The molecular formula is C12H18FNO. The van der Waals surface area contributed by atoms with Crippen molar-refractivity contribution in [2.24, 2.45) is 0 Å². The highest BCUT2D eigenvalue weighted by molar-refractivity contribution is 5.29. The van der Waals surface area contributed by atoms with Gasteiger partial charge in [-0.3, -0.25) is 0 Å². The number of ether oxygens (including phenoxy) is 1. The van der Waals surface area contributed by atoms with Gasteiger partial charge in [-0.25, -0.2) is 4.39 Å². The van der Waals surface area contributed by atoms with Gasteiger partial charge in [0, 0.05) is 6.04 Å². The molecule has 1 aromatic carbocycles. The van der Waals surface area contributed by atoms with Gasteiger partial charge in [0.15, 0.2) is 11.6 Å². The van der Waals surface area contributed by atoms with Crippen molar-refractivity contribution in [1.82, 2.24) is 5.32 Å². The van der Waals surface area contributed by atoms with Crippen molar-refractivity contribution in [1.29, 1.82) is 0 Å². The van der Waals surface area contributed by atoms with Crippen molar-refractivity contribution >= 4 is 0 Å². The Morgan fingerprint density at radius 3 is 2.67 bits per heavy atom. The molecule has 0 heterocycles. The van der Waals surface area contributed by atoms with Crippen molar-refractivity contribution < 1.29 is 9.13 Å². The van der Waals surface area contributed by atoms with E-state index in [9.17, 15) is 4.39 Å². The molecule has 0 aromatic heterocycles. The van der Waals surface area contributed by atoms with Gasteiger partial charge in [0.25, 0.3) is 0 Å². The molecule has 0 bridgehead atoms. The smallest absolute Gasteiger partial charge is 0.165 e. The van der Waals surface area contributed by atoms with Crippen LogP contribution in [0.15, 0.2) is 18.2 Å². The highest BCUT2D eigenvalue weighted by Gasteiger charge is 2.07. The fourth-order valence-electron chi connectivity index (χ4n) is 1.57. The van der Waals surface area contributed by atoms with Crippen LogP contribution >= 0.6 is 0 Å². The Morgan fingerprint density at radius 2 is 2.20 bits per heavy atom. The molecule has 0 aliphatic carbocycles. The van der Waals surface area contributed by atoms with E-state index < -0.39 is 0 Å². The van der Waals surface area contributed by atoms with E-state index >= 15 is 0 Å². The van der Waals surface area contributed by atoms with Crippen molar-refractivity contribution in [2.45, 2.75) is 25.8 Å². The van der Waals surface area contributed by atoms with E-state index in [1.54, 1.807) is 12.1 Å². The Balaban J connectivity index is 2.74. The summed E-state index contributed by atoms with van der Waals surface area (Å²) in [6.45, 7) is 2.11. The summed E-state index contributed by atoms with van der Waals surface area (Å²) in [4.78, 5) is 0. The average molecular weight is 211 g/mol. The van der Waals surface area contributed by atoms with Gasteiger partial charge in [0.05, 0.1) is 7.11 Å². The van der Waals surface area contributed by atoms with Gasteiger partial charge in [0.1, 0.15) is 0 Å². The molecule has 0 fully saturated rings. The summed E-state index contributed by atoms with van der Waals surface area (Å²) in [6.07, 6.45) is 1.87. The van der Waals surface area contributed by atoms with Crippen LogP contribution in [0.1, 0.15) is 18.9 Å². The van der Waals surface area contributed by atoms with Gasteiger partial charge >= 0.3 is 0 Å². The van der Waals surface area contributed by atoms with Crippen molar-refractivity contribution in [3.63, 3.8) is 0 Å². The number of rotatable bonds is 5. The van der Waals surface area contributed by atoms with Gasteiger partial charge in [-0.1, -0.05) is 13.0 Å². The molecule has 2 nitrogen and oxygen atoms in total. The molecule has 1 rings (SSSR count). The molecule has 1 N–H and O–H groups in total. The molecule has 0 amide bonds. The predicted molar refractivity (Wildman–Crippen MR) is 59.8 cm³/mol. The van der Waals surface area contributed by atoms with Crippen molar-refractivity contribution in [2.75, 3.05) is 14.2 Å². The highest BCUT2D eigenvalue weighted by Crippen LogP contribution is 2.18. The summed E-state index contributed by atoms with van der Waals surface area (Å²) < 4.78 is 18.2. The van der Waals surface area contributed by atoms with Crippen LogP contribution in [0.2, 0.25) is 0 Å². The lowest BCUT2D eigenvalue weighted by Gasteiger charge is -2.14.